The first kappa shape index (κ1) is 13.0. The summed E-state index contributed by atoms with van der Waals surface area (Å²) in [5.41, 5.74) is 0. The molecule has 3 unspecified atom stereocenters. The van der Waals surface area contributed by atoms with E-state index in [1.807, 2.05) is 0 Å². The van der Waals surface area contributed by atoms with Gasteiger partial charge in [-0.05, 0) is 39.2 Å². The molecule has 0 spiro atoms. The van der Waals surface area contributed by atoms with E-state index in [4.69, 9.17) is 0 Å². The lowest BCUT2D eigenvalue weighted by Gasteiger charge is -2.41. The fourth-order valence-electron chi connectivity index (χ4n) is 2.83. The Labute approximate surface area is 94.7 Å². The van der Waals surface area contributed by atoms with Crippen LogP contribution in [0, 0.1) is 0 Å². The van der Waals surface area contributed by atoms with E-state index in [2.05, 4.69) is 25.7 Å². The van der Waals surface area contributed by atoms with Crippen LogP contribution in [0.25, 0.3) is 0 Å². The molecule has 1 rings (SSSR count). The lowest BCUT2D eigenvalue weighted by atomic mass is 9.95. The summed E-state index contributed by atoms with van der Waals surface area (Å²) in [4.78, 5) is 2.53. The summed E-state index contributed by atoms with van der Waals surface area (Å²) >= 11 is 0. The highest BCUT2D eigenvalue weighted by Gasteiger charge is 2.29. The van der Waals surface area contributed by atoms with E-state index in [9.17, 15) is 5.11 Å². The second kappa shape index (κ2) is 6.49. The van der Waals surface area contributed by atoms with Gasteiger partial charge in [0.2, 0.25) is 0 Å². The van der Waals surface area contributed by atoms with E-state index in [0.717, 1.165) is 19.3 Å². The topological polar surface area (TPSA) is 23.5 Å². The van der Waals surface area contributed by atoms with Gasteiger partial charge in [0.05, 0.1) is 6.10 Å². The van der Waals surface area contributed by atoms with Crippen molar-refractivity contribution in [2.24, 2.45) is 0 Å². The smallest absolute Gasteiger partial charge is 0.0695 e. The van der Waals surface area contributed by atoms with Crippen molar-refractivity contribution in [3.05, 3.63) is 0 Å². The van der Waals surface area contributed by atoms with Crippen molar-refractivity contribution in [2.45, 2.75) is 77.5 Å². The molecule has 90 valence electrons. The molecule has 0 radical (unpaired) electrons. The second-order valence-corrected chi connectivity index (χ2v) is 4.91. The van der Waals surface area contributed by atoms with Crippen LogP contribution in [-0.2, 0) is 0 Å². The minimum atomic E-state index is -0.124. The van der Waals surface area contributed by atoms with E-state index in [1.54, 1.807) is 0 Å². The van der Waals surface area contributed by atoms with Crippen LogP contribution >= 0.6 is 0 Å². The Kier molecular flexibility index (Phi) is 5.62. The number of hydrogen-bond donors (Lipinski definition) is 1. The summed E-state index contributed by atoms with van der Waals surface area (Å²) in [6.07, 6.45) is 6.95. The first-order chi connectivity index (χ1) is 7.20. The van der Waals surface area contributed by atoms with Crippen LogP contribution in [0.15, 0.2) is 0 Å². The number of nitrogens with zero attached hydrogens (tertiary/aromatic N) is 1. The summed E-state index contributed by atoms with van der Waals surface area (Å²) in [7, 11) is 0. The minimum Gasteiger partial charge on any atom is -0.391 e. The van der Waals surface area contributed by atoms with Gasteiger partial charge >= 0.3 is 0 Å². The summed E-state index contributed by atoms with van der Waals surface area (Å²) in [5, 5.41) is 10.1. The lowest BCUT2D eigenvalue weighted by Crippen LogP contribution is -2.50. The highest BCUT2D eigenvalue weighted by atomic mass is 16.3. The molecule has 2 nitrogen and oxygen atoms in total. The van der Waals surface area contributed by atoms with Crippen LogP contribution in [0.2, 0.25) is 0 Å². The van der Waals surface area contributed by atoms with Gasteiger partial charge in [0, 0.05) is 12.1 Å². The molecule has 1 N–H and O–H groups in total. The molecule has 0 aromatic rings. The predicted molar refractivity (Wildman–Crippen MR) is 65.0 cm³/mol. The Morgan fingerprint density at radius 1 is 1.33 bits per heavy atom. The molecular formula is C13H27NO. The van der Waals surface area contributed by atoms with Crippen molar-refractivity contribution in [1.29, 1.82) is 0 Å². The zero-order valence-corrected chi connectivity index (χ0v) is 10.6. The zero-order valence-electron chi connectivity index (χ0n) is 10.6. The largest absolute Gasteiger partial charge is 0.391 e. The van der Waals surface area contributed by atoms with Crippen molar-refractivity contribution in [1.82, 2.24) is 4.90 Å². The van der Waals surface area contributed by atoms with Crippen LogP contribution in [0.5, 0.6) is 0 Å². The van der Waals surface area contributed by atoms with Crippen molar-refractivity contribution in [2.75, 3.05) is 6.54 Å². The Bertz CT molecular complexity index is 172. The number of aliphatic hydroxyl groups is 1. The molecule has 1 fully saturated rings. The monoisotopic (exact) mass is 213 g/mol. The van der Waals surface area contributed by atoms with Gasteiger partial charge < -0.3 is 5.11 Å². The van der Waals surface area contributed by atoms with Crippen LogP contribution in [0.4, 0.5) is 0 Å². The summed E-state index contributed by atoms with van der Waals surface area (Å²) in [5.74, 6) is 0. The van der Waals surface area contributed by atoms with Gasteiger partial charge in [0.1, 0.15) is 0 Å². The van der Waals surface area contributed by atoms with Crippen molar-refractivity contribution in [3.8, 4) is 0 Å². The van der Waals surface area contributed by atoms with Crippen LogP contribution in [-0.4, -0.2) is 34.7 Å². The number of likely N-dealkylation sites (tertiary alicyclic amines) is 1. The second-order valence-electron chi connectivity index (χ2n) is 4.91. The molecule has 0 aliphatic carbocycles. The maximum Gasteiger partial charge on any atom is 0.0695 e. The highest BCUT2D eigenvalue weighted by Crippen LogP contribution is 2.23. The quantitative estimate of drug-likeness (QED) is 0.759. The normalized spacial score (nSPS) is 27.6. The third-order valence-corrected chi connectivity index (χ3v) is 3.73. The Balaban J connectivity index is 2.54. The van der Waals surface area contributed by atoms with E-state index in [-0.39, 0.29) is 6.10 Å². The van der Waals surface area contributed by atoms with E-state index in [0.29, 0.717) is 12.1 Å². The van der Waals surface area contributed by atoms with Crippen LogP contribution < -0.4 is 0 Å². The average molecular weight is 213 g/mol. The molecule has 2 heteroatoms. The molecule has 3 atom stereocenters. The standard InChI is InChI=1S/C13H27NO/c1-4-8-13(15)12(5-2)14-10-7-6-9-11(14)3/h11-13,15H,4-10H2,1-3H3. The Morgan fingerprint density at radius 3 is 2.60 bits per heavy atom. The molecule has 1 saturated heterocycles. The average Bonchev–Trinajstić information content (AvgIpc) is 2.22. The maximum absolute atomic E-state index is 10.1. The molecule has 1 heterocycles. The molecule has 0 saturated carbocycles. The van der Waals surface area contributed by atoms with Crippen molar-refractivity contribution >= 4 is 0 Å². The molecule has 1 aliphatic heterocycles. The Morgan fingerprint density at radius 2 is 2.07 bits per heavy atom. The van der Waals surface area contributed by atoms with Gasteiger partial charge in [-0.3, -0.25) is 4.90 Å². The van der Waals surface area contributed by atoms with Gasteiger partial charge in [-0.25, -0.2) is 0 Å². The molecule has 0 aromatic carbocycles. The van der Waals surface area contributed by atoms with Crippen LogP contribution in [0.3, 0.4) is 0 Å². The van der Waals surface area contributed by atoms with Gasteiger partial charge in [0.15, 0.2) is 0 Å². The van der Waals surface area contributed by atoms with E-state index >= 15 is 0 Å². The molecule has 1 aliphatic rings. The summed E-state index contributed by atoms with van der Waals surface area (Å²) in [6.45, 7) is 7.83. The van der Waals surface area contributed by atoms with Gasteiger partial charge in [-0.15, -0.1) is 0 Å². The fourth-order valence-corrected chi connectivity index (χ4v) is 2.83. The first-order valence-electron chi connectivity index (χ1n) is 6.64. The van der Waals surface area contributed by atoms with Crippen molar-refractivity contribution < 1.29 is 5.11 Å². The van der Waals surface area contributed by atoms with Gasteiger partial charge in [-0.2, -0.15) is 0 Å². The van der Waals surface area contributed by atoms with Crippen LogP contribution in [0.1, 0.15) is 59.3 Å². The third-order valence-electron chi connectivity index (χ3n) is 3.73. The minimum absolute atomic E-state index is 0.124. The van der Waals surface area contributed by atoms with Gasteiger partial charge in [0.25, 0.3) is 0 Å². The number of hydrogen-bond acceptors (Lipinski definition) is 2. The predicted octanol–water partition coefficient (Wildman–Crippen LogP) is 2.80. The van der Waals surface area contributed by atoms with E-state index < -0.39 is 0 Å². The third kappa shape index (κ3) is 3.46. The first-order valence-corrected chi connectivity index (χ1v) is 6.64. The maximum atomic E-state index is 10.1. The number of piperidine rings is 1. The molecule has 15 heavy (non-hydrogen) atoms. The van der Waals surface area contributed by atoms with Gasteiger partial charge in [-0.1, -0.05) is 26.7 Å². The van der Waals surface area contributed by atoms with Crippen molar-refractivity contribution in [3.63, 3.8) is 0 Å². The molecule has 0 amide bonds. The highest BCUT2D eigenvalue weighted by molar-refractivity contribution is 4.84. The summed E-state index contributed by atoms with van der Waals surface area (Å²) < 4.78 is 0. The molecule has 0 aromatic heterocycles. The molecule has 0 bridgehead atoms. The SMILES string of the molecule is CCCC(O)C(CC)N1CCCCC1C. The zero-order chi connectivity index (χ0) is 11.3. The Hall–Kier alpha value is -0.0800. The number of rotatable bonds is 5. The van der Waals surface area contributed by atoms with E-state index in [1.165, 1.54) is 25.8 Å². The summed E-state index contributed by atoms with van der Waals surface area (Å²) in [6, 6.07) is 1.05. The lowest BCUT2D eigenvalue weighted by molar-refractivity contribution is 0.00655. The number of aliphatic hydroxyl groups excluding tert-OH is 1. The fraction of sp³-hybridized carbons (Fsp3) is 1.00. The molecular weight excluding hydrogens is 186 g/mol.